The molecule has 0 bridgehead atoms. The van der Waals surface area contributed by atoms with E-state index in [2.05, 4.69) is 25.9 Å². The summed E-state index contributed by atoms with van der Waals surface area (Å²) in [6.07, 6.45) is 0.391. The van der Waals surface area contributed by atoms with E-state index >= 15 is 0 Å². The summed E-state index contributed by atoms with van der Waals surface area (Å²) < 4.78 is 29.0. The van der Waals surface area contributed by atoms with Crippen molar-refractivity contribution in [3.8, 4) is 0 Å². The number of nitrogens with zero attached hydrogens (tertiary/aromatic N) is 6. The molecule has 4 rings (SSSR count). The molecule has 0 saturated carbocycles. The number of fused-ring (bicyclic) bond motifs is 1. The van der Waals surface area contributed by atoms with Crippen LogP contribution in [0.4, 0.5) is 20.3 Å². The van der Waals surface area contributed by atoms with Crippen molar-refractivity contribution in [2.45, 2.75) is 12.5 Å². The summed E-state index contributed by atoms with van der Waals surface area (Å²) in [6.45, 7) is 0.210. The first-order valence-electron chi connectivity index (χ1n) is 7.21. The first-order valence-corrected chi connectivity index (χ1v) is 7.21. The summed E-state index contributed by atoms with van der Waals surface area (Å²) >= 11 is 0. The maximum atomic E-state index is 13.9. The zero-order chi connectivity index (χ0) is 16.7. The molecule has 24 heavy (non-hydrogen) atoms. The molecule has 0 aliphatic carbocycles. The molecule has 1 aliphatic rings. The fourth-order valence-corrected chi connectivity index (χ4v) is 2.69. The van der Waals surface area contributed by atoms with E-state index in [4.69, 9.17) is 0 Å². The molecule has 1 unspecified atom stereocenters. The Morgan fingerprint density at radius 1 is 1.17 bits per heavy atom. The van der Waals surface area contributed by atoms with Gasteiger partial charge >= 0.3 is 0 Å². The fraction of sp³-hybridized carbons (Fsp3) is 0.214. The smallest absolute Gasteiger partial charge is 0.249 e. The van der Waals surface area contributed by atoms with Crippen LogP contribution in [-0.4, -0.2) is 43.7 Å². The molecule has 1 N–H and O–H groups in total. The summed E-state index contributed by atoms with van der Waals surface area (Å²) in [5.74, 6) is -1.56. The Balaban J connectivity index is 1.57. The zero-order valence-corrected chi connectivity index (χ0v) is 12.2. The number of benzene rings is 1. The number of anilines is 2. The van der Waals surface area contributed by atoms with Gasteiger partial charge in [-0.25, -0.2) is 8.78 Å². The van der Waals surface area contributed by atoms with Crippen molar-refractivity contribution in [2.75, 3.05) is 16.8 Å². The van der Waals surface area contributed by atoms with Crippen LogP contribution in [0.2, 0.25) is 0 Å². The van der Waals surface area contributed by atoms with Gasteiger partial charge < -0.3 is 10.2 Å². The van der Waals surface area contributed by atoms with Crippen LogP contribution >= 0.6 is 0 Å². The molecule has 2 aromatic heterocycles. The Kier molecular flexibility index (Phi) is 3.29. The lowest BCUT2D eigenvalue weighted by Crippen LogP contribution is -2.34. The molecule has 3 aromatic rings. The van der Waals surface area contributed by atoms with E-state index in [0.29, 0.717) is 17.9 Å². The van der Waals surface area contributed by atoms with E-state index in [1.165, 1.54) is 10.7 Å². The molecule has 0 spiro atoms. The standard InChI is InChI=1S/C14H11F2N7O/c15-8-2-1-3-9(16)13(8)22-7-6-10(14(22)24)17-11-4-5-12-18-20-21-23(12)19-11/h1-5,10H,6-7H2,(H,17,19). The van der Waals surface area contributed by atoms with Crippen LogP contribution in [0.3, 0.4) is 0 Å². The lowest BCUT2D eigenvalue weighted by atomic mass is 10.2. The Morgan fingerprint density at radius 3 is 2.75 bits per heavy atom. The number of carbonyl (C=O) groups excluding carboxylic acids is 1. The third-order valence-electron chi connectivity index (χ3n) is 3.80. The summed E-state index contributed by atoms with van der Waals surface area (Å²) in [5, 5.41) is 17.9. The van der Waals surface area contributed by atoms with E-state index in [1.54, 1.807) is 12.1 Å². The second kappa shape index (κ2) is 5.48. The second-order valence-corrected chi connectivity index (χ2v) is 5.29. The van der Waals surface area contributed by atoms with Crippen LogP contribution in [0.25, 0.3) is 5.65 Å². The molecule has 1 atom stereocenters. The van der Waals surface area contributed by atoms with Gasteiger partial charge in [0.05, 0.1) is 0 Å². The number of hydrogen-bond acceptors (Lipinski definition) is 6. The topological polar surface area (TPSA) is 88.3 Å². The maximum Gasteiger partial charge on any atom is 0.249 e. The first kappa shape index (κ1) is 14.4. The van der Waals surface area contributed by atoms with E-state index in [9.17, 15) is 13.6 Å². The van der Waals surface area contributed by atoms with Gasteiger partial charge in [-0.3, -0.25) is 4.79 Å². The minimum Gasteiger partial charge on any atom is -0.357 e. The summed E-state index contributed by atoms with van der Waals surface area (Å²) in [5.41, 5.74) is 0.143. The van der Waals surface area contributed by atoms with Gasteiger partial charge in [-0.05, 0) is 41.1 Å². The molecule has 1 fully saturated rings. The molecule has 1 aliphatic heterocycles. The molecule has 0 radical (unpaired) electrons. The molecular weight excluding hydrogens is 320 g/mol. The van der Waals surface area contributed by atoms with Crippen molar-refractivity contribution in [1.29, 1.82) is 0 Å². The van der Waals surface area contributed by atoms with Gasteiger partial charge in [0.2, 0.25) is 5.91 Å². The SMILES string of the molecule is O=C1C(Nc2ccc3nnnn3n2)CCN1c1c(F)cccc1F. The van der Waals surface area contributed by atoms with Gasteiger partial charge in [0.1, 0.15) is 29.2 Å². The average Bonchev–Trinajstić information content (AvgIpc) is 3.16. The number of nitrogens with one attached hydrogen (secondary N) is 1. The van der Waals surface area contributed by atoms with Crippen LogP contribution in [-0.2, 0) is 4.79 Å². The van der Waals surface area contributed by atoms with Gasteiger partial charge in [-0.2, -0.15) is 0 Å². The maximum absolute atomic E-state index is 13.9. The lowest BCUT2D eigenvalue weighted by molar-refractivity contribution is -0.117. The zero-order valence-electron chi connectivity index (χ0n) is 12.2. The van der Waals surface area contributed by atoms with Gasteiger partial charge in [0.25, 0.3) is 0 Å². The Hall–Kier alpha value is -3.17. The van der Waals surface area contributed by atoms with Crippen molar-refractivity contribution >= 4 is 23.1 Å². The number of rotatable bonds is 3. The average molecular weight is 331 g/mol. The highest BCUT2D eigenvalue weighted by Crippen LogP contribution is 2.28. The molecule has 3 heterocycles. The molecule has 1 amide bonds. The third kappa shape index (κ3) is 2.32. The predicted octanol–water partition coefficient (Wildman–Crippen LogP) is 1.01. The summed E-state index contributed by atoms with van der Waals surface area (Å²) in [6, 6.07) is 6.15. The number of tetrazole rings is 1. The number of halogens is 2. The number of para-hydroxylation sites is 1. The quantitative estimate of drug-likeness (QED) is 0.771. The Labute approximate surface area is 134 Å². The predicted molar refractivity (Wildman–Crippen MR) is 79.3 cm³/mol. The van der Waals surface area contributed by atoms with Crippen LogP contribution in [0.15, 0.2) is 30.3 Å². The molecule has 1 aromatic carbocycles. The molecule has 122 valence electrons. The van der Waals surface area contributed by atoms with Gasteiger partial charge in [-0.1, -0.05) is 6.07 Å². The first-order chi connectivity index (χ1) is 11.6. The normalized spacial score (nSPS) is 17.7. The van der Waals surface area contributed by atoms with Gasteiger partial charge in [0, 0.05) is 6.54 Å². The number of amides is 1. The largest absolute Gasteiger partial charge is 0.357 e. The van der Waals surface area contributed by atoms with Crippen LogP contribution in [0.1, 0.15) is 6.42 Å². The molecule has 1 saturated heterocycles. The fourth-order valence-electron chi connectivity index (χ4n) is 2.69. The minimum atomic E-state index is -0.766. The van der Waals surface area contributed by atoms with E-state index in [0.717, 1.165) is 17.0 Å². The summed E-state index contributed by atoms with van der Waals surface area (Å²) in [7, 11) is 0. The van der Waals surface area contributed by atoms with Gasteiger partial charge in [-0.15, -0.1) is 14.8 Å². The Morgan fingerprint density at radius 2 is 1.96 bits per heavy atom. The highest BCUT2D eigenvalue weighted by molar-refractivity contribution is 6.01. The van der Waals surface area contributed by atoms with E-state index in [-0.39, 0.29) is 12.2 Å². The summed E-state index contributed by atoms with van der Waals surface area (Å²) in [4.78, 5) is 13.6. The van der Waals surface area contributed by atoms with Gasteiger partial charge in [0.15, 0.2) is 5.65 Å². The highest BCUT2D eigenvalue weighted by Gasteiger charge is 2.35. The number of hydrogen-bond donors (Lipinski definition) is 1. The molecule has 10 heteroatoms. The minimum absolute atomic E-state index is 0.210. The molecular formula is C14H11F2N7O. The van der Waals surface area contributed by atoms with Crippen LogP contribution in [0.5, 0.6) is 0 Å². The van der Waals surface area contributed by atoms with E-state index in [1.807, 2.05) is 0 Å². The van der Waals surface area contributed by atoms with Crippen LogP contribution in [0, 0.1) is 11.6 Å². The third-order valence-corrected chi connectivity index (χ3v) is 3.80. The van der Waals surface area contributed by atoms with Crippen molar-refractivity contribution in [3.63, 3.8) is 0 Å². The second-order valence-electron chi connectivity index (χ2n) is 5.29. The van der Waals surface area contributed by atoms with Crippen molar-refractivity contribution in [3.05, 3.63) is 42.0 Å². The number of aromatic nitrogens is 5. The highest BCUT2D eigenvalue weighted by atomic mass is 19.1. The Bertz CT molecular complexity index is 908. The van der Waals surface area contributed by atoms with Crippen molar-refractivity contribution in [2.24, 2.45) is 0 Å². The van der Waals surface area contributed by atoms with E-state index < -0.39 is 23.6 Å². The number of carbonyl (C=O) groups is 1. The monoisotopic (exact) mass is 331 g/mol. The van der Waals surface area contributed by atoms with Crippen molar-refractivity contribution in [1.82, 2.24) is 25.3 Å². The lowest BCUT2D eigenvalue weighted by Gasteiger charge is -2.18. The van der Waals surface area contributed by atoms with Crippen LogP contribution < -0.4 is 10.2 Å². The van der Waals surface area contributed by atoms with Crippen molar-refractivity contribution < 1.29 is 13.6 Å². The molecule has 8 nitrogen and oxygen atoms in total.